The Labute approximate surface area is 101 Å². The minimum Gasteiger partial charge on any atom is -0.396 e. The Bertz CT molecular complexity index is 435. The lowest BCUT2D eigenvalue weighted by atomic mass is 9.96. The molecule has 0 heterocycles. The van der Waals surface area contributed by atoms with Gasteiger partial charge in [0.05, 0.1) is 23.8 Å². The van der Waals surface area contributed by atoms with Crippen molar-refractivity contribution in [3.63, 3.8) is 0 Å². The second-order valence-electron chi connectivity index (χ2n) is 4.18. The van der Waals surface area contributed by atoms with Crippen LogP contribution in [0.2, 0.25) is 0 Å². The van der Waals surface area contributed by atoms with Gasteiger partial charge in [0.1, 0.15) is 6.07 Å². The number of hydrogen-bond donors (Lipinski definition) is 2. The van der Waals surface area contributed by atoms with Crippen molar-refractivity contribution in [3.05, 3.63) is 29.8 Å². The van der Waals surface area contributed by atoms with E-state index in [0.717, 1.165) is 0 Å². The van der Waals surface area contributed by atoms with Crippen molar-refractivity contribution in [1.82, 2.24) is 0 Å². The van der Waals surface area contributed by atoms with Crippen molar-refractivity contribution in [3.8, 4) is 6.07 Å². The van der Waals surface area contributed by atoms with Crippen LogP contribution in [-0.4, -0.2) is 17.6 Å². The summed E-state index contributed by atoms with van der Waals surface area (Å²) < 4.78 is 0. The molecular weight excluding hydrogens is 216 g/mol. The molecule has 0 aromatic heterocycles. The van der Waals surface area contributed by atoms with Gasteiger partial charge in [-0.2, -0.15) is 5.26 Å². The van der Waals surface area contributed by atoms with Crippen LogP contribution in [0, 0.1) is 23.2 Å². The van der Waals surface area contributed by atoms with Gasteiger partial charge in [-0.25, -0.2) is 0 Å². The van der Waals surface area contributed by atoms with E-state index in [-0.39, 0.29) is 18.4 Å². The molecule has 0 saturated heterocycles. The predicted octanol–water partition coefficient (Wildman–Crippen LogP) is 1.76. The molecule has 1 unspecified atom stereocenters. The van der Waals surface area contributed by atoms with Gasteiger partial charge in [-0.3, -0.25) is 4.79 Å². The molecule has 1 aromatic rings. The molecule has 2 N–H and O–H groups in total. The number of aliphatic hydroxyl groups is 1. The van der Waals surface area contributed by atoms with E-state index in [9.17, 15) is 4.79 Å². The Morgan fingerprint density at radius 1 is 1.47 bits per heavy atom. The lowest BCUT2D eigenvalue weighted by Crippen LogP contribution is -2.30. The molecule has 4 heteroatoms. The summed E-state index contributed by atoms with van der Waals surface area (Å²) in [4.78, 5) is 11.9. The highest BCUT2D eigenvalue weighted by atomic mass is 16.3. The van der Waals surface area contributed by atoms with Crippen molar-refractivity contribution in [1.29, 1.82) is 5.26 Å². The summed E-state index contributed by atoms with van der Waals surface area (Å²) in [5.41, 5.74) is 0.903. The van der Waals surface area contributed by atoms with E-state index >= 15 is 0 Å². The molecule has 0 aliphatic heterocycles. The first-order valence-electron chi connectivity index (χ1n) is 5.51. The van der Waals surface area contributed by atoms with Crippen LogP contribution in [0.1, 0.15) is 19.4 Å². The minimum absolute atomic E-state index is 0.0502. The molecule has 1 aromatic carbocycles. The summed E-state index contributed by atoms with van der Waals surface area (Å²) in [5.74, 6) is -0.666. The number of carbonyl (C=O) groups is 1. The van der Waals surface area contributed by atoms with E-state index in [1.165, 1.54) is 0 Å². The molecule has 0 aliphatic rings. The van der Waals surface area contributed by atoms with Crippen LogP contribution in [0.5, 0.6) is 0 Å². The van der Waals surface area contributed by atoms with Gasteiger partial charge in [0.2, 0.25) is 5.91 Å². The van der Waals surface area contributed by atoms with Gasteiger partial charge < -0.3 is 10.4 Å². The van der Waals surface area contributed by atoms with Crippen LogP contribution < -0.4 is 5.32 Å². The summed E-state index contributed by atoms with van der Waals surface area (Å²) in [6, 6.07) is 8.81. The predicted molar refractivity (Wildman–Crippen MR) is 65.2 cm³/mol. The molecule has 0 aliphatic carbocycles. The number of benzene rings is 1. The molecule has 90 valence electrons. The number of nitrogens with one attached hydrogen (secondary N) is 1. The molecule has 0 radical (unpaired) electrons. The number of hydrogen-bond acceptors (Lipinski definition) is 3. The van der Waals surface area contributed by atoms with Crippen molar-refractivity contribution in [2.45, 2.75) is 13.8 Å². The van der Waals surface area contributed by atoms with Gasteiger partial charge in [-0.05, 0) is 18.1 Å². The maximum atomic E-state index is 11.9. The Kier molecular flexibility index (Phi) is 4.68. The first-order chi connectivity index (χ1) is 8.10. The zero-order chi connectivity index (χ0) is 12.8. The Morgan fingerprint density at radius 2 is 2.12 bits per heavy atom. The summed E-state index contributed by atoms with van der Waals surface area (Å²) in [7, 11) is 0. The molecular formula is C13H16N2O2. The minimum atomic E-state index is -0.457. The molecule has 0 bridgehead atoms. The van der Waals surface area contributed by atoms with Crippen LogP contribution in [-0.2, 0) is 4.79 Å². The quantitative estimate of drug-likeness (QED) is 0.830. The third kappa shape index (κ3) is 3.30. The van der Waals surface area contributed by atoms with E-state index in [0.29, 0.717) is 11.3 Å². The highest BCUT2D eigenvalue weighted by Gasteiger charge is 2.21. The van der Waals surface area contributed by atoms with Crippen LogP contribution >= 0.6 is 0 Å². The molecule has 4 nitrogen and oxygen atoms in total. The number of rotatable bonds is 4. The number of carbonyl (C=O) groups excluding carboxylic acids is 1. The molecule has 17 heavy (non-hydrogen) atoms. The Hall–Kier alpha value is -1.86. The number of nitriles is 1. The fraction of sp³-hybridized carbons (Fsp3) is 0.385. The second kappa shape index (κ2) is 6.02. The molecule has 0 saturated carbocycles. The fourth-order valence-corrected chi connectivity index (χ4v) is 1.51. The summed E-state index contributed by atoms with van der Waals surface area (Å²) in [5, 5.41) is 20.7. The van der Waals surface area contributed by atoms with Crippen LogP contribution in [0.3, 0.4) is 0 Å². The first kappa shape index (κ1) is 13.2. The lowest BCUT2D eigenvalue weighted by Gasteiger charge is -2.18. The average Bonchev–Trinajstić information content (AvgIpc) is 2.30. The number of anilines is 1. The van der Waals surface area contributed by atoms with Crippen LogP contribution in [0.15, 0.2) is 24.3 Å². The average molecular weight is 232 g/mol. The molecule has 0 spiro atoms. The highest BCUT2D eigenvalue weighted by Crippen LogP contribution is 2.17. The number of nitrogens with zero attached hydrogens (tertiary/aromatic N) is 1. The first-order valence-corrected chi connectivity index (χ1v) is 5.51. The Balaban J connectivity index is 2.84. The number of amides is 1. The lowest BCUT2D eigenvalue weighted by molar-refractivity contribution is -0.122. The summed E-state index contributed by atoms with van der Waals surface area (Å²) in [6.07, 6.45) is 0. The highest BCUT2D eigenvalue weighted by molar-refractivity contribution is 5.94. The summed E-state index contributed by atoms with van der Waals surface area (Å²) >= 11 is 0. The van der Waals surface area contributed by atoms with Gasteiger partial charge >= 0.3 is 0 Å². The van der Waals surface area contributed by atoms with Gasteiger partial charge in [0.25, 0.3) is 0 Å². The number of para-hydroxylation sites is 1. The van der Waals surface area contributed by atoms with Gasteiger partial charge in [-0.1, -0.05) is 26.0 Å². The molecule has 1 rings (SSSR count). The maximum absolute atomic E-state index is 11.9. The zero-order valence-electron chi connectivity index (χ0n) is 9.97. The third-order valence-corrected chi connectivity index (χ3v) is 2.64. The third-order valence-electron chi connectivity index (χ3n) is 2.64. The standard InChI is InChI=1S/C13H16N2O2/c1-9(2)11(8-16)13(17)15-12-6-4-3-5-10(12)7-14/h3-6,9,11,16H,8H2,1-2H3,(H,15,17). The van der Waals surface area contributed by atoms with E-state index in [1.54, 1.807) is 24.3 Å². The topological polar surface area (TPSA) is 73.1 Å². The van der Waals surface area contributed by atoms with Crippen LogP contribution in [0.4, 0.5) is 5.69 Å². The number of aliphatic hydroxyl groups excluding tert-OH is 1. The fourth-order valence-electron chi connectivity index (χ4n) is 1.51. The van der Waals surface area contributed by atoms with Crippen molar-refractivity contribution < 1.29 is 9.90 Å². The molecule has 1 amide bonds. The van der Waals surface area contributed by atoms with E-state index in [4.69, 9.17) is 10.4 Å². The zero-order valence-corrected chi connectivity index (χ0v) is 9.97. The van der Waals surface area contributed by atoms with E-state index in [2.05, 4.69) is 5.32 Å². The van der Waals surface area contributed by atoms with Gasteiger partial charge in [0, 0.05) is 0 Å². The summed E-state index contributed by atoms with van der Waals surface area (Å²) in [6.45, 7) is 3.55. The normalized spacial score (nSPS) is 11.9. The van der Waals surface area contributed by atoms with Gasteiger partial charge in [0.15, 0.2) is 0 Å². The largest absolute Gasteiger partial charge is 0.396 e. The maximum Gasteiger partial charge on any atom is 0.230 e. The van der Waals surface area contributed by atoms with E-state index < -0.39 is 5.92 Å². The monoisotopic (exact) mass is 232 g/mol. The van der Waals surface area contributed by atoms with E-state index in [1.807, 2.05) is 19.9 Å². The smallest absolute Gasteiger partial charge is 0.230 e. The SMILES string of the molecule is CC(C)C(CO)C(=O)Nc1ccccc1C#N. The van der Waals surface area contributed by atoms with Crippen molar-refractivity contribution in [2.75, 3.05) is 11.9 Å². The Morgan fingerprint density at radius 3 is 2.65 bits per heavy atom. The van der Waals surface area contributed by atoms with Crippen molar-refractivity contribution in [2.24, 2.45) is 11.8 Å². The van der Waals surface area contributed by atoms with Gasteiger partial charge in [-0.15, -0.1) is 0 Å². The van der Waals surface area contributed by atoms with Crippen molar-refractivity contribution >= 4 is 11.6 Å². The second-order valence-corrected chi connectivity index (χ2v) is 4.18. The molecule has 1 atom stereocenters. The molecule has 0 fully saturated rings. The van der Waals surface area contributed by atoms with Crippen LogP contribution in [0.25, 0.3) is 0 Å².